The molecule has 0 unspecified atom stereocenters. The topological polar surface area (TPSA) is 72.4 Å². The summed E-state index contributed by atoms with van der Waals surface area (Å²) in [6, 6.07) is 16.3. The van der Waals surface area contributed by atoms with Crippen LogP contribution in [0.3, 0.4) is 0 Å². The minimum absolute atomic E-state index is 0.142. The first-order valence-electron chi connectivity index (χ1n) is 9.25. The number of imide groups is 1. The van der Waals surface area contributed by atoms with Crippen LogP contribution in [0.4, 0.5) is 9.18 Å². The lowest BCUT2D eigenvalue weighted by Gasteiger charge is -2.12. The fraction of sp³-hybridized carbons (Fsp3) is 0.0909. The van der Waals surface area contributed by atoms with Gasteiger partial charge in [-0.15, -0.1) is 0 Å². The van der Waals surface area contributed by atoms with E-state index in [9.17, 15) is 14.0 Å². The first-order chi connectivity index (χ1) is 15.0. The highest BCUT2D eigenvalue weighted by Gasteiger charge is 2.34. The molecule has 31 heavy (non-hydrogen) atoms. The van der Waals surface area contributed by atoms with Crippen LogP contribution in [-0.4, -0.2) is 32.6 Å². The molecule has 0 bridgehead atoms. The summed E-state index contributed by atoms with van der Waals surface area (Å²) in [4.78, 5) is 33.8. The van der Waals surface area contributed by atoms with E-state index in [2.05, 4.69) is 9.97 Å². The number of ether oxygens (including phenoxy) is 1. The molecule has 2 amide bonds. The van der Waals surface area contributed by atoms with Crippen LogP contribution in [0.15, 0.2) is 65.7 Å². The smallest absolute Gasteiger partial charge is 0.293 e. The number of hydrogen-bond donors (Lipinski definition) is 0. The molecule has 9 heteroatoms. The number of benzene rings is 2. The van der Waals surface area contributed by atoms with E-state index < -0.39 is 5.82 Å². The van der Waals surface area contributed by atoms with Crippen LogP contribution in [0.2, 0.25) is 5.28 Å². The van der Waals surface area contributed by atoms with Crippen molar-refractivity contribution >= 4 is 40.6 Å². The molecule has 0 spiro atoms. The number of nitrogens with zero attached hydrogens (tertiary/aromatic N) is 3. The van der Waals surface area contributed by atoms with Crippen molar-refractivity contribution in [1.82, 2.24) is 14.9 Å². The molecule has 2 aromatic carbocycles. The highest BCUT2D eigenvalue weighted by Crippen LogP contribution is 2.33. The summed E-state index contributed by atoms with van der Waals surface area (Å²) in [5.74, 6) is -1.11. The average molecular weight is 456 g/mol. The molecule has 156 valence electrons. The van der Waals surface area contributed by atoms with E-state index in [0.717, 1.165) is 23.5 Å². The molecule has 1 saturated heterocycles. The van der Waals surface area contributed by atoms with Crippen LogP contribution in [-0.2, 0) is 11.2 Å². The zero-order valence-electron chi connectivity index (χ0n) is 16.0. The number of aromatic nitrogens is 2. The van der Waals surface area contributed by atoms with Crippen LogP contribution in [0.1, 0.15) is 11.1 Å². The molecular weight excluding hydrogens is 441 g/mol. The molecule has 0 saturated carbocycles. The van der Waals surface area contributed by atoms with E-state index >= 15 is 0 Å². The molecule has 1 aliphatic rings. The molecule has 0 atom stereocenters. The predicted molar refractivity (Wildman–Crippen MR) is 116 cm³/mol. The Bertz CT molecular complexity index is 1170. The Hall–Kier alpha value is -3.23. The number of carbonyl (C=O) groups excluding carboxylic acids is 2. The summed E-state index contributed by atoms with van der Waals surface area (Å²) < 4.78 is 19.2. The zero-order chi connectivity index (χ0) is 21.8. The van der Waals surface area contributed by atoms with Crippen LogP contribution in [0, 0.1) is 5.82 Å². The van der Waals surface area contributed by atoms with Gasteiger partial charge >= 0.3 is 0 Å². The van der Waals surface area contributed by atoms with Gasteiger partial charge in [0.15, 0.2) is 0 Å². The highest BCUT2D eigenvalue weighted by atomic mass is 35.5. The Kier molecular flexibility index (Phi) is 6.29. The Labute approximate surface area is 186 Å². The Morgan fingerprint density at radius 2 is 1.94 bits per heavy atom. The number of hydrogen-bond acceptors (Lipinski definition) is 6. The molecule has 1 aliphatic heterocycles. The minimum atomic E-state index is -0.755. The first kappa shape index (κ1) is 21.0. The average Bonchev–Trinajstić information content (AvgIpc) is 3.02. The van der Waals surface area contributed by atoms with Crippen molar-refractivity contribution in [3.05, 3.63) is 87.9 Å². The van der Waals surface area contributed by atoms with Gasteiger partial charge in [-0.1, -0.05) is 42.5 Å². The van der Waals surface area contributed by atoms with Gasteiger partial charge < -0.3 is 4.74 Å². The van der Waals surface area contributed by atoms with Gasteiger partial charge in [0, 0.05) is 6.54 Å². The predicted octanol–water partition coefficient (Wildman–Crippen LogP) is 5.34. The van der Waals surface area contributed by atoms with Crippen molar-refractivity contribution in [1.29, 1.82) is 0 Å². The molecule has 0 aliphatic carbocycles. The first-order valence-corrected chi connectivity index (χ1v) is 10.4. The molecule has 6 nitrogen and oxygen atoms in total. The second-order valence-corrected chi connectivity index (χ2v) is 7.87. The second-order valence-electron chi connectivity index (χ2n) is 6.54. The third kappa shape index (κ3) is 5.10. The standard InChI is InChI=1S/C22H15ClFN3O3S/c23-21-25-13-17(24)19(26-21)30-16-8-4-7-15(11-16)12-18-20(28)27(22(29)31-18)10-9-14-5-2-1-3-6-14/h1-8,11-13H,9-10H2/b18-12+. The van der Waals surface area contributed by atoms with Crippen molar-refractivity contribution in [2.24, 2.45) is 0 Å². The SMILES string of the molecule is O=C1S/C(=C/c2cccc(Oc3nc(Cl)ncc3F)c2)C(=O)N1CCc1ccccc1. The van der Waals surface area contributed by atoms with E-state index in [1.807, 2.05) is 30.3 Å². The van der Waals surface area contributed by atoms with Gasteiger partial charge in [-0.3, -0.25) is 14.5 Å². The summed E-state index contributed by atoms with van der Waals surface area (Å²) in [5.41, 5.74) is 1.67. The summed E-state index contributed by atoms with van der Waals surface area (Å²) in [6.45, 7) is 0.308. The third-order valence-corrected chi connectivity index (χ3v) is 5.48. The van der Waals surface area contributed by atoms with Crippen LogP contribution in [0.5, 0.6) is 11.6 Å². The van der Waals surface area contributed by atoms with E-state index in [0.29, 0.717) is 29.2 Å². The van der Waals surface area contributed by atoms with Gasteiger partial charge in [0.05, 0.1) is 11.1 Å². The van der Waals surface area contributed by atoms with Crippen LogP contribution < -0.4 is 4.74 Å². The lowest BCUT2D eigenvalue weighted by Crippen LogP contribution is -2.30. The van der Waals surface area contributed by atoms with Gasteiger partial charge in [0.1, 0.15) is 5.75 Å². The lowest BCUT2D eigenvalue weighted by atomic mass is 10.1. The maximum Gasteiger partial charge on any atom is 0.293 e. The maximum absolute atomic E-state index is 13.8. The molecule has 3 aromatic rings. The molecule has 1 aromatic heterocycles. The van der Waals surface area contributed by atoms with Gasteiger partial charge in [0.25, 0.3) is 17.0 Å². The van der Waals surface area contributed by atoms with E-state index in [4.69, 9.17) is 16.3 Å². The van der Waals surface area contributed by atoms with E-state index in [1.165, 1.54) is 4.90 Å². The van der Waals surface area contributed by atoms with E-state index in [1.54, 1.807) is 30.3 Å². The Morgan fingerprint density at radius 3 is 2.74 bits per heavy atom. The van der Waals surface area contributed by atoms with E-state index in [-0.39, 0.29) is 22.3 Å². The van der Waals surface area contributed by atoms with Crippen LogP contribution in [0.25, 0.3) is 6.08 Å². The number of halogens is 2. The molecular formula is C22H15ClFN3O3S. The fourth-order valence-electron chi connectivity index (χ4n) is 2.91. The van der Waals surface area contributed by atoms with Gasteiger partial charge in [0.2, 0.25) is 11.1 Å². The van der Waals surface area contributed by atoms with Gasteiger partial charge in [-0.25, -0.2) is 4.98 Å². The Balaban J connectivity index is 1.48. The summed E-state index contributed by atoms with van der Waals surface area (Å²) >= 11 is 6.57. The number of rotatable bonds is 6. The van der Waals surface area contributed by atoms with Crippen molar-refractivity contribution in [2.45, 2.75) is 6.42 Å². The van der Waals surface area contributed by atoms with Crippen molar-refractivity contribution in [2.75, 3.05) is 6.54 Å². The minimum Gasteiger partial charge on any atom is -0.436 e. The third-order valence-electron chi connectivity index (χ3n) is 4.39. The number of carbonyl (C=O) groups is 2. The molecule has 4 rings (SSSR count). The monoisotopic (exact) mass is 455 g/mol. The maximum atomic E-state index is 13.8. The zero-order valence-corrected chi connectivity index (χ0v) is 17.6. The van der Waals surface area contributed by atoms with Crippen molar-refractivity contribution < 1.29 is 18.7 Å². The fourth-order valence-corrected chi connectivity index (χ4v) is 3.90. The number of thioether (sulfide) groups is 1. The van der Waals surface area contributed by atoms with Gasteiger partial charge in [-0.2, -0.15) is 9.37 Å². The summed E-state index contributed by atoms with van der Waals surface area (Å²) in [6.07, 6.45) is 3.10. The second kappa shape index (κ2) is 9.28. The quantitative estimate of drug-likeness (QED) is 0.369. The van der Waals surface area contributed by atoms with Crippen molar-refractivity contribution in [3.63, 3.8) is 0 Å². The Morgan fingerprint density at radius 1 is 1.13 bits per heavy atom. The molecule has 0 N–H and O–H groups in total. The highest BCUT2D eigenvalue weighted by molar-refractivity contribution is 8.18. The summed E-state index contributed by atoms with van der Waals surface area (Å²) in [7, 11) is 0. The van der Waals surface area contributed by atoms with Crippen LogP contribution >= 0.6 is 23.4 Å². The normalized spacial score (nSPS) is 15.0. The molecule has 2 heterocycles. The lowest BCUT2D eigenvalue weighted by molar-refractivity contribution is -0.122. The van der Waals surface area contributed by atoms with Crippen molar-refractivity contribution in [3.8, 4) is 11.6 Å². The molecule has 1 fully saturated rings. The molecule has 0 radical (unpaired) electrons. The summed E-state index contributed by atoms with van der Waals surface area (Å²) in [5, 5.41) is -0.450. The number of amides is 2. The largest absolute Gasteiger partial charge is 0.436 e. The van der Waals surface area contributed by atoms with Gasteiger partial charge in [-0.05, 0) is 59.1 Å².